The molecule has 0 spiro atoms. The molecular weight excluding hydrogens is 318 g/mol. The number of nitrogens with one attached hydrogen (secondary N) is 1. The Bertz CT molecular complexity index is 592. The van der Waals surface area contributed by atoms with Gasteiger partial charge in [0.15, 0.2) is 0 Å². The summed E-state index contributed by atoms with van der Waals surface area (Å²) in [6, 6.07) is 3.87. The van der Waals surface area contributed by atoms with Crippen molar-refractivity contribution >= 4 is 29.0 Å². The van der Waals surface area contributed by atoms with Crippen LogP contribution in [0.3, 0.4) is 0 Å². The third kappa shape index (κ3) is 4.33. The second-order valence-electron chi connectivity index (χ2n) is 5.45. The van der Waals surface area contributed by atoms with E-state index in [0.717, 1.165) is 11.4 Å². The van der Waals surface area contributed by atoms with Gasteiger partial charge in [0.25, 0.3) is 11.1 Å². The van der Waals surface area contributed by atoms with Crippen LogP contribution in [0.1, 0.15) is 32.1 Å². The Labute approximate surface area is 137 Å². The summed E-state index contributed by atoms with van der Waals surface area (Å²) >= 11 is 2.84. The minimum Gasteiger partial charge on any atom is -0.410 e. The summed E-state index contributed by atoms with van der Waals surface area (Å²) in [7, 11) is 0. The van der Waals surface area contributed by atoms with Gasteiger partial charge < -0.3 is 9.73 Å². The molecule has 22 heavy (non-hydrogen) atoms. The van der Waals surface area contributed by atoms with Crippen molar-refractivity contribution in [3.05, 3.63) is 17.5 Å². The van der Waals surface area contributed by atoms with Crippen molar-refractivity contribution in [1.82, 2.24) is 15.5 Å². The fourth-order valence-electron chi connectivity index (χ4n) is 2.60. The zero-order chi connectivity index (χ0) is 15.2. The fraction of sp³-hybridized carbons (Fsp3) is 0.533. The van der Waals surface area contributed by atoms with Crippen molar-refractivity contribution in [2.24, 2.45) is 5.92 Å². The molecule has 0 radical (unpaired) electrons. The summed E-state index contributed by atoms with van der Waals surface area (Å²) in [6.07, 6.45) is 6.40. The monoisotopic (exact) mass is 337 g/mol. The summed E-state index contributed by atoms with van der Waals surface area (Å²) in [5.74, 6) is 1.52. The largest absolute Gasteiger partial charge is 0.410 e. The third-order valence-electron chi connectivity index (χ3n) is 3.78. The zero-order valence-electron chi connectivity index (χ0n) is 12.3. The average molecular weight is 337 g/mol. The molecule has 1 aliphatic rings. The molecule has 2 aromatic heterocycles. The first-order valence-corrected chi connectivity index (χ1v) is 9.44. The highest BCUT2D eigenvalue weighted by Crippen LogP contribution is 2.26. The number of hydrogen-bond donors (Lipinski definition) is 1. The van der Waals surface area contributed by atoms with Crippen LogP contribution in [0.5, 0.6) is 0 Å². The summed E-state index contributed by atoms with van der Waals surface area (Å²) < 4.78 is 5.54. The number of thioether (sulfide) groups is 1. The van der Waals surface area contributed by atoms with Gasteiger partial charge in [-0.2, -0.15) is 0 Å². The molecule has 1 N–H and O–H groups in total. The second-order valence-corrected chi connectivity index (χ2v) is 7.32. The molecule has 0 atom stereocenters. The Morgan fingerprint density at radius 2 is 2.23 bits per heavy atom. The van der Waals surface area contributed by atoms with Crippen LogP contribution in [0.25, 0.3) is 10.8 Å². The lowest BCUT2D eigenvalue weighted by atomic mass is 9.89. The van der Waals surface area contributed by atoms with Gasteiger partial charge in [0.1, 0.15) is 0 Å². The van der Waals surface area contributed by atoms with Crippen molar-refractivity contribution < 1.29 is 9.21 Å². The molecule has 7 heteroatoms. The Kier molecular flexibility index (Phi) is 5.50. The van der Waals surface area contributed by atoms with Gasteiger partial charge in [-0.1, -0.05) is 37.1 Å². The number of amides is 1. The van der Waals surface area contributed by atoms with Crippen molar-refractivity contribution in [3.63, 3.8) is 0 Å². The van der Waals surface area contributed by atoms with Crippen LogP contribution in [0, 0.1) is 5.92 Å². The normalized spacial score (nSPS) is 15.8. The maximum atomic E-state index is 11.9. The Hall–Kier alpha value is -1.34. The van der Waals surface area contributed by atoms with E-state index < -0.39 is 0 Å². The van der Waals surface area contributed by atoms with Crippen molar-refractivity contribution in [3.8, 4) is 10.8 Å². The molecule has 1 saturated carbocycles. The van der Waals surface area contributed by atoms with E-state index in [4.69, 9.17) is 4.42 Å². The minimum absolute atomic E-state index is 0.0337. The topological polar surface area (TPSA) is 68.0 Å². The smallest absolute Gasteiger partial charge is 0.277 e. The van der Waals surface area contributed by atoms with Gasteiger partial charge in [0.05, 0.1) is 10.6 Å². The fourth-order valence-corrected chi connectivity index (χ4v) is 3.83. The molecular formula is C15H19N3O2S2. The number of carbonyl (C=O) groups is 1. The standard InChI is InChI=1S/C15H19N3O2S2/c19-13(16-9-11-5-2-1-3-6-11)10-22-15-18-17-14(20-15)12-7-4-8-21-12/h4,7-8,11H,1-3,5-6,9-10H2,(H,16,19). The lowest BCUT2D eigenvalue weighted by molar-refractivity contribution is -0.118. The van der Waals surface area contributed by atoms with Gasteiger partial charge in [0, 0.05) is 6.54 Å². The molecule has 0 bridgehead atoms. The van der Waals surface area contributed by atoms with E-state index in [1.165, 1.54) is 43.9 Å². The molecule has 118 valence electrons. The van der Waals surface area contributed by atoms with Gasteiger partial charge in [0.2, 0.25) is 5.91 Å². The predicted octanol–water partition coefficient (Wildman–Crippen LogP) is 3.59. The molecule has 2 heterocycles. The van der Waals surface area contributed by atoms with E-state index in [1.807, 2.05) is 17.5 Å². The lowest BCUT2D eigenvalue weighted by Gasteiger charge is -2.21. The van der Waals surface area contributed by atoms with E-state index in [9.17, 15) is 4.79 Å². The average Bonchev–Trinajstić information content (AvgIpc) is 3.22. The van der Waals surface area contributed by atoms with Crippen LogP contribution in [0.15, 0.2) is 27.2 Å². The number of aromatic nitrogens is 2. The van der Waals surface area contributed by atoms with E-state index in [1.54, 1.807) is 11.3 Å². The van der Waals surface area contributed by atoms with Crippen molar-refractivity contribution in [2.75, 3.05) is 12.3 Å². The molecule has 0 aliphatic heterocycles. The highest BCUT2D eigenvalue weighted by atomic mass is 32.2. The van der Waals surface area contributed by atoms with E-state index in [2.05, 4.69) is 15.5 Å². The van der Waals surface area contributed by atoms with E-state index >= 15 is 0 Å². The van der Waals surface area contributed by atoms with Gasteiger partial charge in [-0.15, -0.1) is 21.5 Å². The zero-order valence-corrected chi connectivity index (χ0v) is 13.9. The van der Waals surface area contributed by atoms with Crippen molar-refractivity contribution in [2.45, 2.75) is 37.3 Å². The minimum atomic E-state index is 0.0337. The number of nitrogens with zero attached hydrogens (tertiary/aromatic N) is 2. The highest BCUT2D eigenvalue weighted by molar-refractivity contribution is 7.99. The molecule has 0 saturated heterocycles. The first kappa shape index (κ1) is 15.6. The highest BCUT2D eigenvalue weighted by Gasteiger charge is 2.15. The maximum Gasteiger partial charge on any atom is 0.277 e. The maximum absolute atomic E-state index is 11.9. The van der Waals surface area contributed by atoms with Crippen LogP contribution in [0.2, 0.25) is 0 Å². The SMILES string of the molecule is O=C(CSc1nnc(-c2cccs2)o1)NCC1CCCCC1. The Morgan fingerprint density at radius 3 is 3.00 bits per heavy atom. The first-order chi connectivity index (χ1) is 10.8. The van der Waals surface area contributed by atoms with Gasteiger partial charge in [-0.25, -0.2) is 0 Å². The van der Waals surface area contributed by atoms with E-state index in [-0.39, 0.29) is 5.91 Å². The molecule has 1 amide bonds. The molecule has 3 rings (SSSR count). The quantitative estimate of drug-likeness (QED) is 0.816. The lowest BCUT2D eigenvalue weighted by Crippen LogP contribution is -2.31. The van der Waals surface area contributed by atoms with Gasteiger partial charge in [-0.05, 0) is 30.2 Å². The number of thiophene rings is 1. The van der Waals surface area contributed by atoms with Crippen LogP contribution in [-0.4, -0.2) is 28.4 Å². The van der Waals surface area contributed by atoms with E-state index in [0.29, 0.717) is 22.8 Å². The molecule has 1 aliphatic carbocycles. The van der Waals surface area contributed by atoms with Crippen LogP contribution in [0.4, 0.5) is 0 Å². The van der Waals surface area contributed by atoms with Crippen LogP contribution >= 0.6 is 23.1 Å². The molecule has 0 unspecified atom stereocenters. The van der Waals surface area contributed by atoms with Gasteiger partial charge in [-0.3, -0.25) is 4.79 Å². The second kappa shape index (κ2) is 7.78. The summed E-state index contributed by atoms with van der Waals surface area (Å²) in [6.45, 7) is 0.795. The first-order valence-electron chi connectivity index (χ1n) is 7.58. The van der Waals surface area contributed by atoms with Crippen molar-refractivity contribution in [1.29, 1.82) is 0 Å². The Morgan fingerprint density at radius 1 is 1.36 bits per heavy atom. The predicted molar refractivity (Wildman–Crippen MR) is 87.9 cm³/mol. The Balaban J connectivity index is 1.41. The summed E-state index contributed by atoms with van der Waals surface area (Å²) in [5, 5.41) is 13.4. The molecule has 2 aromatic rings. The van der Waals surface area contributed by atoms with Crippen LogP contribution in [-0.2, 0) is 4.79 Å². The van der Waals surface area contributed by atoms with Crippen LogP contribution < -0.4 is 5.32 Å². The number of rotatable bonds is 6. The summed E-state index contributed by atoms with van der Waals surface area (Å²) in [4.78, 5) is 12.8. The summed E-state index contributed by atoms with van der Waals surface area (Å²) in [5.41, 5.74) is 0. The number of hydrogen-bond acceptors (Lipinski definition) is 6. The molecule has 5 nitrogen and oxygen atoms in total. The molecule has 1 fully saturated rings. The van der Waals surface area contributed by atoms with Gasteiger partial charge >= 0.3 is 0 Å². The number of carbonyl (C=O) groups excluding carboxylic acids is 1. The molecule has 0 aromatic carbocycles. The third-order valence-corrected chi connectivity index (χ3v) is 5.45.